The standard InChI is InChI=1S/C7H7N3S/c1-6-9-4-2-7(10-6)11-5-3-8/h2,4H,5H2,1H3. The SMILES string of the molecule is Cc1nccc(SCC#N)n1. The Morgan fingerprint density at radius 3 is 3.18 bits per heavy atom. The van der Waals surface area contributed by atoms with Crippen molar-refractivity contribution in [2.75, 3.05) is 5.75 Å². The van der Waals surface area contributed by atoms with Crippen LogP contribution >= 0.6 is 11.8 Å². The Morgan fingerprint density at radius 2 is 2.55 bits per heavy atom. The predicted molar refractivity (Wildman–Crippen MR) is 43.1 cm³/mol. The minimum absolute atomic E-state index is 0.441. The molecule has 0 saturated heterocycles. The van der Waals surface area contributed by atoms with Gasteiger partial charge in [-0.25, -0.2) is 9.97 Å². The van der Waals surface area contributed by atoms with Crippen LogP contribution in [0, 0.1) is 18.3 Å². The minimum Gasteiger partial charge on any atom is -0.242 e. The average molecular weight is 165 g/mol. The van der Waals surface area contributed by atoms with E-state index in [0.717, 1.165) is 10.9 Å². The fraction of sp³-hybridized carbons (Fsp3) is 0.286. The van der Waals surface area contributed by atoms with Gasteiger partial charge in [0.1, 0.15) is 10.9 Å². The summed E-state index contributed by atoms with van der Waals surface area (Å²) in [5.74, 6) is 1.18. The Bertz CT molecular complexity index is 279. The minimum atomic E-state index is 0.441. The van der Waals surface area contributed by atoms with Crippen LogP contribution in [0.25, 0.3) is 0 Å². The maximum absolute atomic E-state index is 8.28. The molecule has 0 amide bonds. The van der Waals surface area contributed by atoms with E-state index in [2.05, 4.69) is 9.97 Å². The van der Waals surface area contributed by atoms with E-state index in [1.807, 2.05) is 13.0 Å². The molecule has 0 radical (unpaired) electrons. The number of thioether (sulfide) groups is 1. The molecule has 0 fully saturated rings. The second kappa shape index (κ2) is 3.94. The highest BCUT2D eigenvalue weighted by molar-refractivity contribution is 7.99. The highest BCUT2D eigenvalue weighted by Gasteiger charge is 1.93. The zero-order valence-corrected chi connectivity index (χ0v) is 6.93. The summed E-state index contributed by atoms with van der Waals surface area (Å²) >= 11 is 1.42. The molecule has 1 heterocycles. The van der Waals surface area contributed by atoms with Gasteiger partial charge in [-0.2, -0.15) is 5.26 Å². The van der Waals surface area contributed by atoms with Gasteiger partial charge in [0.25, 0.3) is 0 Å². The Labute approximate surface area is 69.5 Å². The summed E-state index contributed by atoms with van der Waals surface area (Å²) in [6.45, 7) is 1.83. The second-order valence-electron chi connectivity index (χ2n) is 1.89. The van der Waals surface area contributed by atoms with Crippen LogP contribution in [0.5, 0.6) is 0 Å². The summed E-state index contributed by atoms with van der Waals surface area (Å²) in [6, 6.07) is 3.84. The number of rotatable bonds is 2. The fourth-order valence-electron chi connectivity index (χ4n) is 0.621. The van der Waals surface area contributed by atoms with E-state index >= 15 is 0 Å². The summed E-state index contributed by atoms with van der Waals surface area (Å²) in [4.78, 5) is 8.05. The molecule has 1 aromatic rings. The van der Waals surface area contributed by atoms with Gasteiger partial charge < -0.3 is 0 Å². The molecule has 0 saturated carbocycles. The first-order chi connectivity index (χ1) is 5.33. The van der Waals surface area contributed by atoms with Crippen molar-refractivity contribution in [1.29, 1.82) is 5.26 Å². The maximum atomic E-state index is 8.28. The van der Waals surface area contributed by atoms with Crippen molar-refractivity contribution in [2.45, 2.75) is 11.9 Å². The molecule has 0 aliphatic rings. The average Bonchev–Trinajstić information content (AvgIpc) is 2.01. The van der Waals surface area contributed by atoms with Crippen molar-refractivity contribution in [3.05, 3.63) is 18.1 Å². The molecule has 0 N–H and O–H groups in total. The number of aryl methyl sites for hydroxylation is 1. The van der Waals surface area contributed by atoms with E-state index in [1.54, 1.807) is 12.3 Å². The molecule has 1 aromatic heterocycles. The van der Waals surface area contributed by atoms with Gasteiger partial charge >= 0.3 is 0 Å². The van der Waals surface area contributed by atoms with Gasteiger partial charge in [0.2, 0.25) is 0 Å². The molecule has 0 aliphatic heterocycles. The second-order valence-corrected chi connectivity index (χ2v) is 2.88. The normalized spacial score (nSPS) is 9.09. The topological polar surface area (TPSA) is 49.6 Å². The van der Waals surface area contributed by atoms with Gasteiger partial charge in [0.05, 0.1) is 11.8 Å². The lowest BCUT2D eigenvalue weighted by atomic mass is 10.6. The molecule has 0 aliphatic carbocycles. The Balaban J connectivity index is 2.65. The molecule has 56 valence electrons. The number of nitriles is 1. The summed E-state index contributed by atoms with van der Waals surface area (Å²) in [5, 5.41) is 9.14. The molecule has 0 unspecified atom stereocenters. The van der Waals surface area contributed by atoms with E-state index in [1.165, 1.54) is 11.8 Å². The number of hydrogen-bond acceptors (Lipinski definition) is 4. The summed E-state index contributed by atoms with van der Waals surface area (Å²) in [6.07, 6.45) is 1.70. The molecule has 3 nitrogen and oxygen atoms in total. The molecule has 0 spiro atoms. The van der Waals surface area contributed by atoms with Gasteiger partial charge in [-0.05, 0) is 13.0 Å². The van der Waals surface area contributed by atoms with Crippen molar-refractivity contribution >= 4 is 11.8 Å². The molecule has 0 atom stereocenters. The highest BCUT2D eigenvalue weighted by Crippen LogP contribution is 2.12. The van der Waals surface area contributed by atoms with Crippen LogP contribution in [0.4, 0.5) is 0 Å². The number of nitrogens with zero attached hydrogens (tertiary/aromatic N) is 3. The Morgan fingerprint density at radius 1 is 1.73 bits per heavy atom. The summed E-state index contributed by atoms with van der Waals surface area (Å²) in [7, 11) is 0. The summed E-state index contributed by atoms with van der Waals surface area (Å²) in [5.41, 5.74) is 0. The number of hydrogen-bond donors (Lipinski definition) is 0. The van der Waals surface area contributed by atoms with Crippen LogP contribution in [-0.4, -0.2) is 15.7 Å². The quantitative estimate of drug-likeness (QED) is 0.491. The lowest BCUT2D eigenvalue weighted by Crippen LogP contribution is -1.87. The van der Waals surface area contributed by atoms with Crippen molar-refractivity contribution in [3.8, 4) is 6.07 Å². The largest absolute Gasteiger partial charge is 0.242 e. The molecular weight excluding hydrogens is 158 g/mol. The third kappa shape index (κ3) is 2.56. The molecule has 4 heteroatoms. The molecule has 0 bridgehead atoms. The van der Waals surface area contributed by atoms with E-state index in [0.29, 0.717) is 5.75 Å². The van der Waals surface area contributed by atoms with Gasteiger partial charge in [0, 0.05) is 6.20 Å². The third-order valence-electron chi connectivity index (χ3n) is 1.04. The smallest absolute Gasteiger partial charge is 0.126 e. The van der Waals surface area contributed by atoms with Crippen molar-refractivity contribution in [1.82, 2.24) is 9.97 Å². The lowest BCUT2D eigenvalue weighted by Gasteiger charge is -1.95. The Hall–Kier alpha value is -1.08. The van der Waals surface area contributed by atoms with E-state index in [-0.39, 0.29) is 0 Å². The van der Waals surface area contributed by atoms with E-state index in [9.17, 15) is 0 Å². The molecule has 0 aromatic carbocycles. The number of aromatic nitrogens is 2. The molecule has 11 heavy (non-hydrogen) atoms. The van der Waals surface area contributed by atoms with Crippen LogP contribution in [0.2, 0.25) is 0 Å². The van der Waals surface area contributed by atoms with Gasteiger partial charge in [0.15, 0.2) is 0 Å². The Kier molecular flexibility index (Phi) is 2.87. The predicted octanol–water partition coefficient (Wildman–Crippen LogP) is 1.40. The highest BCUT2D eigenvalue weighted by atomic mass is 32.2. The van der Waals surface area contributed by atoms with Crippen molar-refractivity contribution < 1.29 is 0 Å². The monoisotopic (exact) mass is 165 g/mol. The van der Waals surface area contributed by atoms with Crippen LogP contribution in [-0.2, 0) is 0 Å². The maximum Gasteiger partial charge on any atom is 0.126 e. The van der Waals surface area contributed by atoms with E-state index < -0.39 is 0 Å². The van der Waals surface area contributed by atoms with Crippen LogP contribution in [0.15, 0.2) is 17.3 Å². The molecule has 1 rings (SSSR count). The van der Waals surface area contributed by atoms with E-state index in [4.69, 9.17) is 5.26 Å². The van der Waals surface area contributed by atoms with Crippen LogP contribution in [0.1, 0.15) is 5.82 Å². The van der Waals surface area contributed by atoms with Crippen LogP contribution in [0.3, 0.4) is 0 Å². The zero-order valence-electron chi connectivity index (χ0n) is 6.11. The van der Waals surface area contributed by atoms with Crippen LogP contribution < -0.4 is 0 Å². The van der Waals surface area contributed by atoms with Gasteiger partial charge in [-0.3, -0.25) is 0 Å². The summed E-state index contributed by atoms with van der Waals surface area (Å²) < 4.78 is 0. The fourth-order valence-corrected chi connectivity index (χ4v) is 1.19. The first-order valence-electron chi connectivity index (χ1n) is 3.12. The lowest BCUT2D eigenvalue weighted by molar-refractivity contribution is 0.968. The zero-order chi connectivity index (χ0) is 8.10. The van der Waals surface area contributed by atoms with Crippen molar-refractivity contribution in [2.24, 2.45) is 0 Å². The first-order valence-corrected chi connectivity index (χ1v) is 4.11. The van der Waals surface area contributed by atoms with Gasteiger partial charge in [-0.15, -0.1) is 0 Å². The first kappa shape index (κ1) is 8.02. The van der Waals surface area contributed by atoms with Crippen molar-refractivity contribution in [3.63, 3.8) is 0 Å². The third-order valence-corrected chi connectivity index (χ3v) is 1.83. The molecular formula is C7H7N3S. The van der Waals surface area contributed by atoms with Gasteiger partial charge in [-0.1, -0.05) is 11.8 Å².